The molecule has 4 fully saturated rings. The van der Waals surface area contributed by atoms with Crippen LogP contribution in [0.15, 0.2) is 0 Å². The number of piperidine rings is 2. The first-order chi connectivity index (χ1) is 10.1. The van der Waals surface area contributed by atoms with Crippen molar-refractivity contribution in [2.24, 2.45) is 11.3 Å². The van der Waals surface area contributed by atoms with E-state index in [2.05, 4.69) is 28.7 Å². The summed E-state index contributed by atoms with van der Waals surface area (Å²) in [4.78, 5) is 8.05. The van der Waals surface area contributed by atoms with Crippen LogP contribution in [-0.2, 0) is 0 Å². The van der Waals surface area contributed by atoms with Crippen LogP contribution in [0.5, 0.6) is 0 Å². The second-order valence-corrected chi connectivity index (χ2v) is 8.69. The maximum atomic E-state index is 2.85. The molecule has 3 aliphatic heterocycles. The van der Waals surface area contributed by atoms with E-state index in [-0.39, 0.29) is 0 Å². The average molecular weight is 291 g/mol. The predicted octanol–water partition coefficient (Wildman–Crippen LogP) is 2.28. The van der Waals surface area contributed by atoms with Gasteiger partial charge in [-0.15, -0.1) is 0 Å². The Hall–Kier alpha value is -0.120. The van der Waals surface area contributed by atoms with Crippen LogP contribution in [0.3, 0.4) is 0 Å². The molecule has 0 N–H and O–H groups in total. The molecular formula is C18H33N3. The van der Waals surface area contributed by atoms with Gasteiger partial charge in [0.15, 0.2) is 0 Å². The highest BCUT2D eigenvalue weighted by atomic mass is 15.3. The third-order valence-electron chi connectivity index (χ3n) is 7.00. The lowest BCUT2D eigenvalue weighted by atomic mass is 9.58. The summed E-state index contributed by atoms with van der Waals surface area (Å²) in [7, 11) is 2.24. The van der Waals surface area contributed by atoms with Gasteiger partial charge >= 0.3 is 0 Å². The Morgan fingerprint density at radius 1 is 0.810 bits per heavy atom. The first-order valence-corrected chi connectivity index (χ1v) is 9.30. The molecule has 1 aliphatic carbocycles. The van der Waals surface area contributed by atoms with Crippen LogP contribution in [0, 0.1) is 11.3 Å². The Morgan fingerprint density at radius 3 is 1.90 bits per heavy atom. The summed E-state index contributed by atoms with van der Waals surface area (Å²) in [5, 5.41) is 0. The van der Waals surface area contributed by atoms with E-state index >= 15 is 0 Å². The SMILES string of the molecule is CC1CC2(CCN(C3CCN(C4CN(C)C4)CC3)CC2)C1. The van der Waals surface area contributed by atoms with E-state index in [0.29, 0.717) is 0 Å². The molecule has 21 heavy (non-hydrogen) atoms. The van der Waals surface area contributed by atoms with Gasteiger partial charge in [0, 0.05) is 38.3 Å². The zero-order valence-corrected chi connectivity index (χ0v) is 14.1. The quantitative estimate of drug-likeness (QED) is 0.773. The molecule has 120 valence electrons. The Bertz CT molecular complexity index is 353. The van der Waals surface area contributed by atoms with Gasteiger partial charge in [-0.1, -0.05) is 6.92 Å². The van der Waals surface area contributed by atoms with Gasteiger partial charge in [-0.3, -0.25) is 4.90 Å². The van der Waals surface area contributed by atoms with Crippen LogP contribution >= 0.6 is 0 Å². The van der Waals surface area contributed by atoms with Crippen molar-refractivity contribution in [3.8, 4) is 0 Å². The number of likely N-dealkylation sites (N-methyl/N-ethyl adjacent to an activating group) is 1. The van der Waals surface area contributed by atoms with E-state index < -0.39 is 0 Å². The van der Waals surface area contributed by atoms with Gasteiger partial charge in [0.05, 0.1) is 0 Å². The van der Waals surface area contributed by atoms with Gasteiger partial charge in [0.2, 0.25) is 0 Å². The van der Waals surface area contributed by atoms with Crippen molar-refractivity contribution < 1.29 is 0 Å². The molecule has 1 spiro atoms. The highest BCUT2D eigenvalue weighted by Crippen LogP contribution is 2.52. The van der Waals surface area contributed by atoms with Gasteiger partial charge in [0.1, 0.15) is 0 Å². The maximum absolute atomic E-state index is 2.85. The monoisotopic (exact) mass is 291 g/mol. The molecule has 4 aliphatic rings. The highest BCUT2D eigenvalue weighted by Gasteiger charge is 2.44. The van der Waals surface area contributed by atoms with Crippen molar-refractivity contribution in [2.75, 3.05) is 46.3 Å². The molecular weight excluding hydrogens is 258 g/mol. The van der Waals surface area contributed by atoms with E-state index in [4.69, 9.17) is 0 Å². The molecule has 0 unspecified atom stereocenters. The molecule has 3 nitrogen and oxygen atoms in total. The Kier molecular flexibility index (Phi) is 3.79. The molecule has 0 aromatic heterocycles. The van der Waals surface area contributed by atoms with Crippen molar-refractivity contribution in [3.63, 3.8) is 0 Å². The normalized spacial score (nSPS) is 34.0. The summed E-state index contributed by atoms with van der Waals surface area (Å²) >= 11 is 0. The number of nitrogens with zero attached hydrogens (tertiary/aromatic N) is 3. The lowest BCUT2D eigenvalue weighted by molar-refractivity contribution is -0.0345. The molecule has 0 aromatic carbocycles. The molecule has 0 amide bonds. The minimum absolute atomic E-state index is 0.785. The summed E-state index contributed by atoms with van der Waals surface area (Å²) < 4.78 is 0. The average Bonchev–Trinajstić information content (AvgIpc) is 2.44. The lowest BCUT2D eigenvalue weighted by Gasteiger charge is -2.54. The Morgan fingerprint density at radius 2 is 1.38 bits per heavy atom. The Labute approximate surface area is 130 Å². The zero-order chi connectivity index (χ0) is 14.4. The smallest absolute Gasteiger partial charge is 0.0350 e. The minimum Gasteiger partial charge on any atom is -0.303 e. The molecule has 4 rings (SSSR count). The zero-order valence-electron chi connectivity index (χ0n) is 14.1. The molecule has 0 bridgehead atoms. The third-order valence-corrected chi connectivity index (χ3v) is 7.00. The summed E-state index contributed by atoms with van der Waals surface area (Å²) in [5.41, 5.74) is 0.785. The molecule has 0 radical (unpaired) electrons. The number of hydrogen-bond acceptors (Lipinski definition) is 3. The predicted molar refractivity (Wildman–Crippen MR) is 87.5 cm³/mol. The van der Waals surface area contributed by atoms with Crippen molar-refractivity contribution in [1.82, 2.24) is 14.7 Å². The maximum Gasteiger partial charge on any atom is 0.0350 e. The second-order valence-electron chi connectivity index (χ2n) is 8.69. The standard InChI is InChI=1S/C18H33N3/c1-15-11-18(12-15)5-9-21(10-6-18)16-3-7-20(8-4-16)17-13-19(2)14-17/h15-17H,3-14H2,1-2H3. The summed E-state index contributed by atoms with van der Waals surface area (Å²) in [5.74, 6) is 1.01. The van der Waals surface area contributed by atoms with Crippen LogP contribution in [0.25, 0.3) is 0 Å². The van der Waals surface area contributed by atoms with E-state index in [1.807, 2.05) is 0 Å². The van der Waals surface area contributed by atoms with Gasteiger partial charge in [0.25, 0.3) is 0 Å². The van der Waals surface area contributed by atoms with Crippen molar-refractivity contribution >= 4 is 0 Å². The van der Waals surface area contributed by atoms with E-state index in [1.54, 1.807) is 0 Å². The highest BCUT2D eigenvalue weighted by molar-refractivity contribution is 4.97. The fourth-order valence-corrected chi connectivity index (χ4v) is 5.70. The Balaban J connectivity index is 1.22. The summed E-state index contributed by atoms with van der Waals surface area (Å²) in [6.07, 6.45) is 8.87. The molecule has 3 heteroatoms. The van der Waals surface area contributed by atoms with Gasteiger partial charge in [-0.2, -0.15) is 0 Å². The van der Waals surface area contributed by atoms with E-state index in [1.165, 1.54) is 77.8 Å². The minimum atomic E-state index is 0.785. The summed E-state index contributed by atoms with van der Waals surface area (Å²) in [6, 6.07) is 1.77. The fraction of sp³-hybridized carbons (Fsp3) is 1.00. The number of likely N-dealkylation sites (tertiary alicyclic amines) is 3. The van der Waals surface area contributed by atoms with E-state index in [9.17, 15) is 0 Å². The molecule has 3 heterocycles. The van der Waals surface area contributed by atoms with Crippen LogP contribution in [-0.4, -0.2) is 73.1 Å². The summed E-state index contributed by atoms with van der Waals surface area (Å²) in [6.45, 7) is 10.5. The van der Waals surface area contributed by atoms with Crippen LogP contribution < -0.4 is 0 Å². The topological polar surface area (TPSA) is 9.72 Å². The first-order valence-electron chi connectivity index (χ1n) is 9.30. The molecule has 0 aromatic rings. The van der Waals surface area contributed by atoms with Crippen LogP contribution in [0.1, 0.15) is 45.4 Å². The van der Waals surface area contributed by atoms with Gasteiger partial charge in [-0.05, 0) is 70.0 Å². The molecule has 1 saturated carbocycles. The fourth-order valence-electron chi connectivity index (χ4n) is 5.70. The van der Waals surface area contributed by atoms with Crippen LogP contribution in [0.2, 0.25) is 0 Å². The molecule has 0 atom stereocenters. The van der Waals surface area contributed by atoms with Crippen molar-refractivity contribution in [2.45, 2.75) is 57.5 Å². The van der Waals surface area contributed by atoms with Gasteiger partial charge in [-0.25, -0.2) is 0 Å². The van der Waals surface area contributed by atoms with Crippen molar-refractivity contribution in [1.29, 1.82) is 0 Å². The first kappa shape index (κ1) is 14.5. The lowest BCUT2D eigenvalue weighted by Crippen LogP contribution is -2.60. The largest absolute Gasteiger partial charge is 0.303 e. The molecule has 3 saturated heterocycles. The van der Waals surface area contributed by atoms with Crippen molar-refractivity contribution in [3.05, 3.63) is 0 Å². The number of rotatable bonds is 2. The van der Waals surface area contributed by atoms with E-state index in [0.717, 1.165) is 23.4 Å². The van der Waals surface area contributed by atoms with Gasteiger partial charge < -0.3 is 9.80 Å². The number of hydrogen-bond donors (Lipinski definition) is 0. The third kappa shape index (κ3) is 2.77. The van der Waals surface area contributed by atoms with Crippen LogP contribution in [0.4, 0.5) is 0 Å². The second kappa shape index (κ2) is 5.50.